The molecule has 1 aliphatic heterocycles. The largest absolute Gasteiger partial charge is 0.366 e. The van der Waals surface area contributed by atoms with Gasteiger partial charge in [0.15, 0.2) is 0 Å². The minimum absolute atomic E-state index is 0.0378. The summed E-state index contributed by atoms with van der Waals surface area (Å²) in [6.45, 7) is 7.64. The third-order valence-corrected chi connectivity index (χ3v) is 6.91. The van der Waals surface area contributed by atoms with Crippen LogP contribution in [-0.2, 0) is 6.54 Å². The highest BCUT2D eigenvalue weighted by molar-refractivity contribution is 6.00. The van der Waals surface area contributed by atoms with Crippen molar-refractivity contribution in [2.45, 2.75) is 39.3 Å². The first-order valence-corrected chi connectivity index (χ1v) is 12.5. The number of primary amides is 1. The number of nitrogens with zero attached hydrogens (tertiary/aromatic N) is 3. The Morgan fingerprint density at radius 2 is 1.72 bits per heavy atom. The van der Waals surface area contributed by atoms with Crippen LogP contribution in [0.2, 0.25) is 0 Å². The SMILES string of the molecule is CCN(CC)C(=O)c1ccc(N(c2c(F)cccc2C(N)=O)C2CCN(Cc3ccc[nH]3)CC2)cc1. The molecule has 1 saturated heterocycles. The van der Waals surface area contributed by atoms with Crippen LogP contribution in [0.3, 0.4) is 0 Å². The summed E-state index contributed by atoms with van der Waals surface area (Å²) in [6.07, 6.45) is 3.49. The van der Waals surface area contributed by atoms with Crippen LogP contribution in [0.15, 0.2) is 60.8 Å². The molecule has 1 fully saturated rings. The van der Waals surface area contributed by atoms with Crippen molar-refractivity contribution in [3.8, 4) is 0 Å². The van der Waals surface area contributed by atoms with Crippen LogP contribution in [0.5, 0.6) is 0 Å². The Balaban J connectivity index is 1.65. The van der Waals surface area contributed by atoms with Crippen LogP contribution < -0.4 is 10.6 Å². The number of nitrogens with two attached hydrogens (primary N) is 1. The lowest BCUT2D eigenvalue weighted by Gasteiger charge is -2.40. The van der Waals surface area contributed by atoms with Gasteiger partial charge in [0.25, 0.3) is 11.8 Å². The molecule has 36 heavy (non-hydrogen) atoms. The summed E-state index contributed by atoms with van der Waals surface area (Å²) in [6, 6.07) is 15.6. The van der Waals surface area contributed by atoms with Gasteiger partial charge in [-0.2, -0.15) is 0 Å². The lowest BCUT2D eigenvalue weighted by Crippen LogP contribution is -2.43. The third-order valence-electron chi connectivity index (χ3n) is 6.91. The monoisotopic (exact) mass is 491 g/mol. The van der Waals surface area contributed by atoms with Gasteiger partial charge >= 0.3 is 0 Å². The number of aromatic nitrogens is 1. The maximum atomic E-state index is 15.3. The van der Waals surface area contributed by atoms with Crippen LogP contribution in [0, 0.1) is 5.82 Å². The normalized spacial score (nSPS) is 14.5. The highest BCUT2D eigenvalue weighted by Gasteiger charge is 2.30. The van der Waals surface area contributed by atoms with Gasteiger partial charge in [0.05, 0.1) is 11.3 Å². The quantitative estimate of drug-likeness (QED) is 0.460. The van der Waals surface area contributed by atoms with Gasteiger partial charge in [-0.3, -0.25) is 14.5 Å². The Hall–Kier alpha value is -3.65. The van der Waals surface area contributed by atoms with E-state index in [0.29, 0.717) is 18.7 Å². The average molecular weight is 492 g/mol. The third kappa shape index (κ3) is 5.44. The average Bonchev–Trinajstić information content (AvgIpc) is 3.40. The Bertz CT molecular complexity index is 1170. The molecule has 0 atom stereocenters. The maximum Gasteiger partial charge on any atom is 0.253 e. The molecular formula is C28H34FN5O2. The molecule has 0 spiro atoms. The first-order chi connectivity index (χ1) is 17.4. The molecule has 0 saturated carbocycles. The van der Waals surface area contributed by atoms with E-state index in [1.807, 2.05) is 43.1 Å². The van der Waals surface area contributed by atoms with Gasteiger partial charge in [-0.1, -0.05) is 6.07 Å². The molecule has 2 aromatic carbocycles. The van der Waals surface area contributed by atoms with Crippen molar-refractivity contribution in [3.63, 3.8) is 0 Å². The molecule has 190 valence electrons. The van der Waals surface area contributed by atoms with Gasteiger partial charge in [-0.05, 0) is 75.2 Å². The zero-order valence-corrected chi connectivity index (χ0v) is 20.9. The maximum absolute atomic E-state index is 15.3. The van der Waals surface area contributed by atoms with Gasteiger partial charge in [0.2, 0.25) is 0 Å². The predicted octanol–water partition coefficient (Wildman–Crippen LogP) is 4.54. The number of piperidine rings is 1. The van der Waals surface area contributed by atoms with Crippen molar-refractivity contribution in [3.05, 3.63) is 83.4 Å². The smallest absolute Gasteiger partial charge is 0.253 e. The first-order valence-electron chi connectivity index (χ1n) is 12.5. The van der Waals surface area contributed by atoms with Crippen LogP contribution in [-0.4, -0.2) is 58.8 Å². The van der Waals surface area contributed by atoms with E-state index in [-0.39, 0.29) is 23.2 Å². The minimum Gasteiger partial charge on any atom is -0.366 e. The molecule has 1 aromatic heterocycles. The number of hydrogen-bond donors (Lipinski definition) is 2. The molecule has 1 aliphatic rings. The zero-order chi connectivity index (χ0) is 25.7. The molecule has 8 heteroatoms. The number of anilines is 2. The number of aromatic amines is 1. The molecule has 2 heterocycles. The summed E-state index contributed by atoms with van der Waals surface area (Å²) in [4.78, 5) is 34.3. The molecule has 0 radical (unpaired) electrons. The lowest BCUT2D eigenvalue weighted by atomic mass is 9.98. The lowest BCUT2D eigenvalue weighted by molar-refractivity contribution is 0.0772. The summed E-state index contributed by atoms with van der Waals surface area (Å²) in [5.74, 6) is -1.21. The predicted molar refractivity (Wildman–Crippen MR) is 140 cm³/mol. The zero-order valence-electron chi connectivity index (χ0n) is 20.9. The minimum atomic E-state index is -0.674. The van der Waals surface area contributed by atoms with Crippen molar-refractivity contribution in [1.29, 1.82) is 0 Å². The van der Waals surface area contributed by atoms with E-state index < -0.39 is 11.7 Å². The number of H-pyrrole nitrogens is 1. The Morgan fingerprint density at radius 1 is 1.03 bits per heavy atom. The fraction of sp³-hybridized carbons (Fsp3) is 0.357. The Labute approximate surface area is 211 Å². The highest BCUT2D eigenvalue weighted by atomic mass is 19.1. The Morgan fingerprint density at radius 3 is 2.31 bits per heavy atom. The first kappa shape index (κ1) is 25.4. The summed E-state index contributed by atoms with van der Waals surface area (Å²) in [5, 5.41) is 0. The van der Waals surface area contributed by atoms with Crippen molar-refractivity contribution < 1.29 is 14.0 Å². The van der Waals surface area contributed by atoms with E-state index in [1.54, 1.807) is 23.1 Å². The summed E-state index contributed by atoms with van der Waals surface area (Å²) in [5.41, 5.74) is 8.45. The standard InChI is InChI=1S/C28H34FN5O2/c1-3-33(4-2)28(36)20-10-12-22(13-11-20)34(26-24(27(30)35)8-5-9-25(26)29)23-14-17-32(18-15-23)19-21-7-6-16-31-21/h5-13,16,23,31H,3-4,14-15,17-19H2,1-2H3,(H2,30,35). The molecule has 0 aliphatic carbocycles. The van der Waals surface area contributed by atoms with E-state index in [0.717, 1.165) is 43.9 Å². The molecule has 2 amide bonds. The molecule has 0 unspecified atom stereocenters. The number of amides is 2. The van der Waals surface area contributed by atoms with Gasteiger partial charge in [-0.25, -0.2) is 4.39 Å². The summed E-state index contributed by atoms with van der Waals surface area (Å²) in [7, 11) is 0. The number of halogens is 1. The van der Waals surface area contributed by atoms with Crippen molar-refractivity contribution in [2.75, 3.05) is 31.1 Å². The second-order valence-electron chi connectivity index (χ2n) is 9.10. The fourth-order valence-electron chi connectivity index (χ4n) is 4.98. The number of likely N-dealkylation sites (tertiary alicyclic amines) is 1. The Kier molecular flexibility index (Phi) is 8.05. The molecule has 0 bridgehead atoms. The van der Waals surface area contributed by atoms with Gasteiger partial charge in [0, 0.05) is 61.9 Å². The van der Waals surface area contributed by atoms with Crippen molar-refractivity contribution >= 4 is 23.2 Å². The number of carbonyl (C=O) groups excluding carboxylic acids is 2. The number of hydrogen-bond acceptors (Lipinski definition) is 4. The van der Waals surface area contributed by atoms with E-state index in [1.165, 1.54) is 12.1 Å². The van der Waals surface area contributed by atoms with Crippen molar-refractivity contribution in [2.24, 2.45) is 5.73 Å². The summed E-state index contributed by atoms with van der Waals surface area (Å²) < 4.78 is 15.3. The molecule has 3 aromatic rings. The number of benzene rings is 2. The fourth-order valence-corrected chi connectivity index (χ4v) is 4.98. The molecule has 4 rings (SSSR count). The van der Waals surface area contributed by atoms with E-state index >= 15 is 4.39 Å². The highest BCUT2D eigenvalue weighted by Crippen LogP contribution is 2.36. The van der Waals surface area contributed by atoms with E-state index in [4.69, 9.17) is 5.73 Å². The van der Waals surface area contributed by atoms with E-state index in [9.17, 15) is 9.59 Å². The number of carbonyl (C=O) groups is 2. The second-order valence-corrected chi connectivity index (χ2v) is 9.10. The topological polar surface area (TPSA) is 85.7 Å². The molecular weight excluding hydrogens is 457 g/mol. The number of para-hydroxylation sites is 1. The van der Waals surface area contributed by atoms with Gasteiger partial charge in [-0.15, -0.1) is 0 Å². The van der Waals surface area contributed by atoms with Gasteiger partial charge in [0.1, 0.15) is 5.82 Å². The summed E-state index contributed by atoms with van der Waals surface area (Å²) >= 11 is 0. The van der Waals surface area contributed by atoms with Gasteiger partial charge < -0.3 is 20.5 Å². The number of nitrogens with one attached hydrogen (secondary N) is 1. The van der Waals surface area contributed by atoms with E-state index in [2.05, 4.69) is 16.0 Å². The molecule has 7 nitrogen and oxygen atoms in total. The van der Waals surface area contributed by atoms with Crippen molar-refractivity contribution in [1.82, 2.24) is 14.8 Å². The second kappa shape index (κ2) is 11.4. The van der Waals surface area contributed by atoms with Crippen LogP contribution >= 0.6 is 0 Å². The van der Waals surface area contributed by atoms with Crippen LogP contribution in [0.4, 0.5) is 15.8 Å². The molecule has 3 N–H and O–H groups in total. The number of rotatable bonds is 9. The van der Waals surface area contributed by atoms with Crippen LogP contribution in [0.25, 0.3) is 0 Å². The van der Waals surface area contributed by atoms with Crippen LogP contribution in [0.1, 0.15) is 53.1 Å².